The molecule has 1 N–H and O–H groups in total. The van der Waals surface area contributed by atoms with Gasteiger partial charge in [-0.1, -0.05) is 26.0 Å². The van der Waals surface area contributed by atoms with Crippen LogP contribution < -0.4 is 5.32 Å². The van der Waals surface area contributed by atoms with E-state index in [0.717, 1.165) is 29.5 Å². The van der Waals surface area contributed by atoms with Crippen molar-refractivity contribution in [3.05, 3.63) is 40.0 Å². The molecule has 0 unspecified atom stereocenters. The van der Waals surface area contributed by atoms with E-state index in [-0.39, 0.29) is 0 Å². The van der Waals surface area contributed by atoms with Crippen molar-refractivity contribution in [3.8, 4) is 5.69 Å². The summed E-state index contributed by atoms with van der Waals surface area (Å²) < 4.78 is 3.12. The molecule has 0 fully saturated rings. The molecule has 0 atom stereocenters. The van der Waals surface area contributed by atoms with Crippen molar-refractivity contribution in [1.82, 2.24) is 9.78 Å². The number of para-hydroxylation sites is 1. The first-order chi connectivity index (χ1) is 9.16. The van der Waals surface area contributed by atoms with Crippen LogP contribution in [0.15, 0.2) is 28.7 Å². The number of benzene rings is 1. The van der Waals surface area contributed by atoms with Crippen molar-refractivity contribution in [3.63, 3.8) is 0 Å². The minimum absolute atomic E-state index is 0.632. The van der Waals surface area contributed by atoms with E-state index in [0.29, 0.717) is 5.92 Å². The van der Waals surface area contributed by atoms with Crippen LogP contribution in [0.2, 0.25) is 0 Å². The molecule has 1 aromatic heterocycles. The number of hydrogen-bond acceptors (Lipinski definition) is 2. The summed E-state index contributed by atoms with van der Waals surface area (Å²) in [5.74, 6) is 1.80. The summed E-state index contributed by atoms with van der Waals surface area (Å²) >= 11 is 3.61. The van der Waals surface area contributed by atoms with E-state index in [2.05, 4.69) is 47.2 Å². The van der Waals surface area contributed by atoms with Gasteiger partial charge in [0.25, 0.3) is 0 Å². The molecule has 0 saturated carbocycles. The third-order valence-corrected chi connectivity index (χ3v) is 4.09. The summed E-state index contributed by atoms with van der Waals surface area (Å²) in [6.07, 6.45) is 2.13. The Balaban J connectivity index is 2.10. The van der Waals surface area contributed by atoms with E-state index in [4.69, 9.17) is 5.10 Å². The van der Waals surface area contributed by atoms with Gasteiger partial charge in [0.2, 0.25) is 0 Å². The van der Waals surface area contributed by atoms with E-state index in [1.807, 2.05) is 16.8 Å². The summed E-state index contributed by atoms with van der Waals surface area (Å²) in [6, 6.07) is 8.22. The molecular formula is C15H18BrN3. The van der Waals surface area contributed by atoms with Crippen molar-refractivity contribution >= 4 is 21.7 Å². The molecule has 0 saturated heterocycles. The number of hydrogen-bond donors (Lipinski definition) is 1. The highest BCUT2D eigenvalue weighted by molar-refractivity contribution is 9.10. The minimum Gasteiger partial charge on any atom is -0.369 e. The Morgan fingerprint density at radius 1 is 1.37 bits per heavy atom. The van der Waals surface area contributed by atoms with Crippen molar-refractivity contribution in [2.24, 2.45) is 5.92 Å². The van der Waals surface area contributed by atoms with Crippen LogP contribution in [0.25, 0.3) is 5.69 Å². The molecule has 0 amide bonds. The highest BCUT2D eigenvalue weighted by Gasteiger charge is 2.23. The molecule has 2 heterocycles. The van der Waals surface area contributed by atoms with Gasteiger partial charge >= 0.3 is 0 Å². The Kier molecular flexibility index (Phi) is 3.35. The van der Waals surface area contributed by atoms with Crippen LogP contribution in [0.1, 0.15) is 25.1 Å². The zero-order valence-electron chi connectivity index (χ0n) is 11.3. The van der Waals surface area contributed by atoms with Crippen molar-refractivity contribution in [1.29, 1.82) is 0 Å². The molecule has 4 heteroatoms. The van der Waals surface area contributed by atoms with E-state index in [9.17, 15) is 0 Å². The van der Waals surface area contributed by atoms with Crippen LogP contribution in [0, 0.1) is 5.92 Å². The van der Waals surface area contributed by atoms with Crippen molar-refractivity contribution < 1.29 is 0 Å². The number of halogens is 1. The van der Waals surface area contributed by atoms with E-state index >= 15 is 0 Å². The molecule has 100 valence electrons. The zero-order chi connectivity index (χ0) is 13.4. The van der Waals surface area contributed by atoms with E-state index in [1.54, 1.807) is 0 Å². The number of aromatic nitrogens is 2. The molecule has 1 aliphatic rings. The average molecular weight is 320 g/mol. The number of fused-ring (bicyclic) bond motifs is 1. The average Bonchev–Trinajstić information content (AvgIpc) is 2.93. The normalized spacial score (nSPS) is 13.7. The SMILES string of the molecule is CC(C)Cc1nn(-c2ccccc2Br)c2c1CCN2. The van der Waals surface area contributed by atoms with Gasteiger partial charge in [-0.05, 0) is 46.8 Å². The van der Waals surface area contributed by atoms with E-state index < -0.39 is 0 Å². The topological polar surface area (TPSA) is 29.9 Å². The summed E-state index contributed by atoms with van der Waals surface area (Å²) in [7, 11) is 0. The number of nitrogens with zero attached hydrogens (tertiary/aromatic N) is 2. The minimum atomic E-state index is 0.632. The summed E-state index contributed by atoms with van der Waals surface area (Å²) in [4.78, 5) is 0. The molecule has 3 rings (SSSR count). The summed E-state index contributed by atoms with van der Waals surface area (Å²) in [6.45, 7) is 5.50. The Bertz CT molecular complexity index is 601. The molecular weight excluding hydrogens is 302 g/mol. The first kappa shape index (κ1) is 12.7. The van der Waals surface area contributed by atoms with Gasteiger partial charge in [-0.15, -0.1) is 0 Å². The number of nitrogens with one attached hydrogen (secondary N) is 1. The van der Waals surface area contributed by atoms with Crippen LogP contribution in [0.5, 0.6) is 0 Å². The number of rotatable bonds is 3. The van der Waals surface area contributed by atoms with Crippen molar-refractivity contribution in [2.45, 2.75) is 26.7 Å². The Morgan fingerprint density at radius 3 is 2.89 bits per heavy atom. The van der Waals surface area contributed by atoms with Gasteiger partial charge in [-0.3, -0.25) is 0 Å². The summed E-state index contributed by atoms with van der Waals surface area (Å²) in [5, 5.41) is 8.29. The van der Waals surface area contributed by atoms with Crippen molar-refractivity contribution in [2.75, 3.05) is 11.9 Å². The fraction of sp³-hybridized carbons (Fsp3) is 0.400. The zero-order valence-corrected chi connectivity index (χ0v) is 12.9. The number of anilines is 1. The van der Waals surface area contributed by atoms with Gasteiger partial charge in [-0.2, -0.15) is 5.10 Å². The lowest BCUT2D eigenvalue weighted by molar-refractivity contribution is 0.624. The maximum Gasteiger partial charge on any atom is 0.133 e. The molecule has 2 aromatic rings. The standard InChI is InChI=1S/C15H18BrN3/c1-10(2)9-13-11-7-8-17-15(11)19(18-13)14-6-4-3-5-12(14)16/h3-6,10,17H,7-9H2,1-2H3. The van der Waals surface area contributed by atoms with Gasteiger partial charge in [0, 0.05) is 16.6 Å². The maximum absolute atomic E-state index is 4.83. The second-order valence-electron chi connectivity index (χ2n) is 5.41. The van der Waals surface area contributed by atoms with Gasteiger partial charge in [0.05, 0.1) is 11.4 Å². The monoisotopic (exact) mass is 319 g/mol. The fourth-order valence-corrected chi connectivity index (χ4v) is 3.05. The van der Waals surface area contributed by atoms with Crippen LogP contribution in [-0.4, -0.2) is 16.3 Å². The Labute approximate surface area is 122 Å². The third-order valence-electron chi connectivity index (χ3n) is 3.42. The largest absolute Gasteiger partial charge is 0.369 e. The second kappa shape index (κ2) is 5.00. The Morgan fingerprint density at radius 2 is 2.16 bits per heavy atom. The van der Waals surface area contributed by atoms with Crippen LogP contribution in [0.3, 0.4) is 0 Å². The van der Waals surface area contributed by atoms with Crippen LogP contribution in [0.4, 0.5) is 5.82 Å². The lowest BCUT2D eigenvalue weighted by Gasteiger charge is -2.08. The fourth-order valence-electron chi connectivity index (χ4n) is 2.59. The van der Waals surface area contributed by atoms with Gasteiger partial charge in [0.15, 0.2) is 0 Å². The molecule has 1 aliphatic heterocycles. The first-order valence-corrected chi connectivity index (χ1v) is 7.55. The van der Waals surface area contributed by atoms with Gasteiger partial charge in [0.1, 0.15) is 5.82 Å². The quantitative estimate of drug-likeness (QED) is 0.932. The smallest absolute Gasteiger partial charge is 0.133 e. The molecule has 0 aliphatic carbocycles. The Hall–Kier alpha value is -1.29. The molecule has 0 radical (unpaired) electrons. The molecule has 3 nitrogen and oxygen atoms in total. The molecule has 0 bridgehead atoms. The van der Waals surface area contributed by atoms with Gasteiger partial charge < -0.3 is 5.32 Å². The maximum atomic E-state index is 4.83. The molecule has 19 heavy (non-hydrogen) atoms. The van der Waals surface area contributed by atoms with Gasteiger partial charge in [-0.25, -0.2) is 4.68 Å². The lowest BCUT2D eigenvalue weighted by atomic mass is 10.0. The molecule has 1 aromatic carbocycles. The summed E-state index contributed by atoms with van der Waals surface area (Å²) in [5.41, 5.74) is 3.73. The van der Waals surface area contributed by atoms with E-state index in [1.165, 1.54) is 17.1 Å². The third kappa shape index (κ3) is 2.29. The second-order valence-corrected chi connectivity index (χ2v) is 6.27. The highest BCUT2D eigenvalue weighted by Crippen LogP contribution is 2.32. The highest BCUT2D eigenvalue weighted by atomic mass is 79.9. The predicted molar refractivity (Wildman–Crippen MR) is 82.0 cm³/mol. The first-order valence-electron chi connectivity index (χ1n) is 6.76. The molecule has 0 spiro atoms. The predicted octanol–water partition coefficient (Wildman–Crippen LogP) is 3.80. The van der Waals surface area contributed by atoms with Crippen LogP contribution in [-0.2, 0) is 12.8 Å². The van der Waals surface area contributed by atoms with Crippen LogP contribution >= 0.6 is 15.9 Å². The lowest BCUT2D eigenvalue weighted by Crippen LogP contribution is -2.06.